The van der Waals surface area contributed by atoms with Crippen molar-refractivity contribution in [2.24, 2.45) is 17.3 Å². The zero-order valence-electron chi connectivity index (χ0n) is 13.9. The molecular weight excluding hydrogens is 334 g/mol. The van der Waals surface area contributed by atoms with E-state index in [-0.39, 0.29) is 5.91 Å². The van der Waals surface area contributed by atoms with E-state index in [1.165, 1.54) is 17.8 Å². The van der Waals surface area contributed by atoms with E-state index in [9.17, 15) is 9.90 Å². The lowest BCUT2D eigenvalue weighted by molar-refractivity contribution is -0.174. The number of nitrogens with one attached hydrogen (secondary N) is 1. The van der Waals surface area contributed by atoms with Crippen molar-refractivity contribution in [3.63, 3.8) is 0 Å². The molecule has 5 nitrogen and oxygen atoms in total. The number of nitrogens with zero attached hydrogens (tertiary/aromatic N) is 2. The van der Waals surface area contributed by atoms with Crippen LogP contribution in [0.25, 0.3) is 11.3 Å². The minimum absolute atomic E-state index is 0.0483. The summed E-state index contributed by atoms with van der Waals surface area (Å²) in [6, 6.07) is 3.84. The second-order valence-corrected chi connectivity index (χ2v) is 9.06. The van der Waals surface area contributed by atoms with Gasteiger partial charge in [-0.2, -0.15) is 0 Å². The molecule has 0 aliphatic heterocycles. The summed E-state index contributed by atoms with van der Waals surface area (Å²) in [5.74, 6) is 1.05. The third-order valence-corrected chi connectivity index (χ3v) is 6.95. The third-order valence-electron chi connectivity index (χ3n) is 6.19. The van der Waals surface area contributed by atoms with Gasteiger partial charge in [-0.3, -0.25) is 9.78 Å². The summed E-state index contributed by atoms with van der Waals surface area (Å²) in [6.45, 7) is 0. The van der Waals surface area contributed by atoms with Crippen LogP contribution in [0.2, 0.25) is 0 Å². The summed E-state index contributed by atoms with van der Waals surface area (Å²) in [5.41, 5.74) is 0.755. The molecule has 25 heavy (non-hydrogen) atoms. The Morgan fingerprint density at radius 3 is 2.76 bits per heavy atom. The molecule has 2 aromatic rings. The van der Waals surface area contributed by atoms with Crippen LogP contribution in [0, 0.1) is 17.3 Å². The molecule has 4 atom stereocenters. The monoisotopic (exact) mass is 355 g/mol. The van der Waals surface area contributed by atoms with Crippen molar-refractivity contribution in [1.29, 1.82) is 0 Å². The molecule has 0 saturated heterocycles. The van der Waals surface area contributed by atoms with E-state index in [2.05, 4.69) is 15.3 Å². The van der Waals surface area contributed by atoms with Crippen molar-refractivity contribution in [1.82, 2.24) is 9.97 Å². The standard InChI is InChI=1S/C19H21N3O2S/c23-16(18-5-12-4-13(6-18)8-19(24,7-12)11-18)22-17-21-15(10-25-17)14-2-1-3-20-9-14/h1-3,9-10,12-13,24H,4-8,11H2,(H,21,22,23)/t12-,13+,18?,19?. The molecule has 2 aromatic heterocycles. The fourth-order valence-corrected chi connectivity index (χ4v) is 6.40. The van der Waals surface area contributed by atoms with Gasteiger partial charge in [-0.25, -0.2) is 4.98 Å². The maximum Gasteiger partial charge on any atom is 0.232 e. The van der Waals surface area contributed by atoms with Gasteiger partial charge in [0.15, 0.2) is 5.13 Å². The summed E-state index contributed by atoms with van der Waals surface area (Å²) in [5, 5.41) is 16.5. The van der Waals surface area contributed by atoms with E-state index in [1.807, 2.05) is 17.5 Å². The average molecular weight is 355 g/mol. The van der Waals surface area contributed by atoms with Gasteiger partial charge < -0.3 is 10.4 Å². The Labute approximate surface area is 150 Å². The highest BCUT2D eigenvalue weighted by molar-refractivity contribution is 7.14. The van der Waals surface area contributed by atoms with Gasteiger partial charge in [0.2, 0.25) is 5.91 Å². The molecule has 2 heterocycles. The van der Waals surface area contributed by atoms with Gasteiger partial charge in [0, 0.05) is 23.3 Å². The quantitative estimate of drug-likeness (QED) is 0.884. The fraction of sp³-hybridized carbons (Fsp3) is 0.526. The van der Waals surface area contributed by atoms with Crippen LogP contribution in [0.5, 0.6) is 0 Å². The number of carbonyl (C=O) groups is 1. The second kappa shape index (κ2) is 5.35. The van der Waals surface area contributed by atoms with E-state index >= 15 is 0 Å². The number of anilines is 1. The topological polar surface area (TPSA) is 75.1 Å². The first kappa shape index (κ1) is 15.5. The number of pyridine rings is 1. The molecule has 6 heteroatoms. The van der Waals surface area contributed by atoms with E-state index < -0.39 is 11.0 Å². The molecule has 2 N–H and O–H groups in total. The summed E-state index contributed by atoms with van der Waals surface area (Å²) in [4.78, 5) is 21.8. The minimum atomic E-state index is -0.620. The van der Waals surface area contributed by atoms with Crippen molar-refractivity contribution in [3.05, 3.63) is 29.9 Å². The molecule has 0 spiro atoms. The Hall–Kier alpha value is -1.79. The maximum atomic E-state index is 13.1. The first-order valence-electron chi connectivity index (χ1n) is 8.93. The SMILES string of the molecule is O=C(Nc1nc(-c2cccnc2)cs1)C12C[C@@H]3C[C@@H](CC(O)(C3)C1)C2. The first-order chi connectivity index (χ1) is 12.0. The zero-order chi connectivity index (χ0) is 17.1. The Kier molecular flexibility index (Phi) is 3.31. The van der Waals surface area contributed by atoms with Crippen LogP contribution in [-0.2, 0) is 4.79 Å². The Balaban J connectivity index is 1.37. The Morgan fingerprint density at radius 2 is 2.08 bits per heavy atom. The van der Waals surface area contributed by atoms with Gasteiger partial charge in [0.05, 0.1) is 16.7 Å². The highest BCUT2D eigenvalue weighted by atomic mass is 32.1. The van der Waals surface area contributed by atoms with Crippen LogP contribution in [-0.4, -0.2) is 26.6 Å². The molecule has 4 aliphatic carbocycles. The Bertz CT molecular complexity index is 805. The average Bonchev–Trinajstić information content (AvgIpc) is 3.02. The van der Waals surface area contributed by atoms with Gasteiger partial charge in [0.25, 0.3) is 0 Å². The second-order valence-electron chi connectivity index (χ2n) is 8.20. The smallest absolute Gasteiger partial charge is 0.232 e. The number of hydrogen-bond acceptors (Lipinski definition) is 5. The van der Waals surface area contributed by atoms with Gasteiger partial charge in [-0.15, -0.1) is 11.3 Å². The number of thiazole rings is 1. The largest absolute Gasteiger partial charge is 0.390 e. The van der Waals surface area contributed by atoms with Crippen molar-refractivity contribution in [2.45, 2.75) is 44.1 Å². The highest BCUT2D eigenvalue weighted by Gasteiger charge is 2.60. The lowest BCUT2D eigenvalue weighted by Gasteiger charge is -2.59. The maximum absolute atomic E-state index is 13.1. The molecule has 2 unspecified atom stereocenters. The molecule has 130 valence electrons. The molecule has 4 bridgehead atoms. The van der Waals surface area contributed by atoms with Crippen molar-refractivity contribution < 1.29 is 9.90 Å². The van der Waals surface area contributed by atoms with Crippen LogP contribution in [0.3, 0.4) is 0 Å². The number of rotatable bonds is 3. The molecule has 1 amide bonds. The van der Waals surface area contributed by atoms with Gasteiger partial charge in [0.1, 0.15) is 0 Å². The minimum Gasteiger partial charge on any atom is -0.390 e. The lowest BCUT2D eigenvalue weighted by Crippen LogP contribution is -2.59. The zero-order valence-corrected chi connectivity index (χ0v) is 14.8. The Morgan fingerprint density at radius 1 is 1.28 bits per heavy atom. The number of carbonyl (C=O) groups excluding carboxylic acids is 1. The molecule has 6 rings (SSSR count). The summed E-state index contributed by atoms with van der Waals surface area (Å²) in [6.07, 6.45) is 8.88. The highest BCUT2D eigenvalue weighted by Crippen LogP contribution is 2.61. The predicted molar refractivity (Wildman–Crippen MR) is 96.0 cm³/mol. The number of aromatic nitrogens is 2. The van der Waals surface area contributed by atoms with Crippen LogP contribution in [0.1, 0.15) is 38.5 Å². The summed E-state index contributed by atoms with van der Waals surface area (Å²) in [7, 11) is 0. The van der Waals surface area contributed by atoms with Crippen molar-refractivity contribution >= 4 is 22.4 Å². The van der Waals surface area contributed by atoms with E-state index in [0.717, 1.165) is 36.9 Å². The van der Waals surface area contributed by atoms with Crippen LogP contribution >= 0.6 is 11.3 Å². The number of amides is 1. The fourth-order valence-electron chi connectivity index (χ4n) is 5.69. The molecule has 4 saturated carbocycles. The molecular formula is C19H21N3O2S. The number of hydrogen-bond donors (Lipinski definition) is 2. The van der Waals surface area contributed by atoms with Crippen molar-refractivity contribution in [3.8, 4) is 11.3 Å². The molecule has 4 fully saturated rings. The van der Waals surface area contributed by atoms with Crippen molar-refractivity contribution in [2.75, 3.05) is 5.32 Å². The van der Waals surface area contributed by atoms with E-state index in [1.54, 1.807) is 12.4 Å². The summed E-state index contributed by atoms with van der Waals surface area (Å²) < 4.78 is 0. The van der Waals surface area contributed by atoms with Gasteiger partial charge >= 0.3 is 0 Å². The van der Waals surface area contributed by atoms with Crippen LogP contribution < -0.4 is 5.32 Å². The predicted octanol–water partition coefficient (Wildman–Crippen LogP) is 3.47. The number of aliphatic hydroxyl groups is 1. The van der Waals surface area contributed by atoms with Gasteiger partial charge in [-0.1, -0.05) is 0 Å². The molecule has 4 aliphatic rings. The molecule has 0 aromatic carbocycles. The normalized spacial score (nSPS) is 35.7. The van der Waals surface area contributed by atoms with Crippen LogP contribution in [0.15, 0.2) is 29.9 Å². The summed E-state index contributed by atoms with van der Waals surface area (Å²) >= 11 is 1.44. The van der Waals surface area contributed by atoms with Crippen LogP contribution in [0.4, 0.5) is 5.13 Å². The lowest BCUT2D eigenvalue weighted by atomic mass is 9.47. The first-order valence-corrected chi connectivity index (χ1v) is 9.81. The van der Waals surface area contributed by atoms with Gasteiger partial charge in [-0.05, 0) is 62.5 Å². The molecule has 0 radical (unpaired) electrons. The van der Waals surface area contributed by atoms with E-state index in [4.69, 9.17) is 0 Å². The third kappa shape index (κ3) is 2.59. The van der Waals surface area contributed by atoms with E-state index in [0.29, 0.717) is 23.4 Å².